The molecule has 2 unspecified atom stereocenters. The van der Waals surface area contributed by atoms with E-state index in [-0.39, 0.29) is 36.7 Å². The Morgan fingerprint density at radius 2 is 1.84 bits per heavy atom. The number of rotatable bonds is 7. The van der Waals surface area contributed by atoms with Crippen molar-refractivity contribution in [3.05, 3.63) is 35.9 Å². The number of nitrogens with one attached hydrogen (secondary N) is 2. The minimum atomic E-state index is -1.12. The summed E-state index contributed by atoms with van der Waals surface area (Å²) >= 11 is 0. The fraction of sp³-hybridized carbons (Fsp3) is 0.600. The second-order valence-corrected chi connectivity index (χ2v) is 7.37. The summed E-state index contributed by atoms with van der Waals surface area (Å²) in [5, 5.41) is 16.2. The summed E-state index contributed by atoms with van der Waals surface area (Å²) in [6.07, 6.45) is 5.55. The average Bonchev–Trinajstić information content (AvgIpc) is 2.61. The second kappa shape index (κ2) is 8.99. The van der Waals surface area contributed by atoms with Crippen molar-refractivity contribution in [2.45, 2.75) is 64.0 Å². The fourth-order valence-electron chi connectivity index (χ4n) is 3.30. The molecule has 0 bridgehead atoms. The van der Waals surface area contributed by atoms with Crippen LogP contribution in [0, 0.1) is 5.92 Å². The average molecular weight is 346 g/mol. The third-order valence-corrected chi connectivity index (χ3v) is 4.88. The first-order valence-corrected chi connectivity index (χ1v) is 9.23. The van der Waals surface area contributed by atoms with Gasteiger partial charge in [0.1, 0.15) is 5.60 Å². The highest BCUT2D eigenvalue weighted by atomic mass is 16.3. The number of hydrogen-bond acceptors (Lipinski definition) is 3. The van der Waals surface area contributed by atoms with Crippen molar-refractivity contribution in [1.82, 2.24) is 10.6 Å². The summed E-state index contributed by atoms with van der Waals surface area (Å²) in [5.74, 6) is -0.0120. The van der Waals surface area contributed by atoms with Gasteiger partial charge in [0.05, 0.1) is 6.54 Å². The lowest BCUT2D eigenvalue weighted by atomic mass is 9.88. The molecule has 2 atom stereocenters. The number of aliphatic hydroxyl groups is 1. The minimum Gasteiger partial charge on any atom is -0.384 e. The molecule has 1 aliphatic rings. The SMILES string of the molecule is CC(CC(=O)NCC(C)(O)c1ccccc1)NC(=O)C1CCCCC1. The molecule has 1 aromatic carbocycles. The zero-order valence-corrected chi connectivity index (χ0v) is 15.3. The van der Waals surface area contributed by atoms with E-state index in [4.69, 9.17) is 0 Å². The lowest BCUT2D eigenvalue weighted by Gasteiger charge is -2.25. The molecule has 2 rings (SSSR count). The van der Waals surface area contributed by atoms with Gasteiger partial charge in [-0.1, -0.05) is 49.6 Å². The highest BCUT2D eigenvalue weighted by molar-refractivity contribution is 5.81. The van der Waals surface area contributed by atoms with Crippen LogP contribution < -0.4 is 10.6 Å². The van der Waals surface area contributed by atoms with E-state index < -0.39 is 5.60 Å². The van der Waals surface area contributed by atoms with Crippen LogP contribution in [0.25, 0.3) is 0 Å². The third kappa shape index (κ3) is 6.16. The predicted molar refractivity (Wildman–Crippen MR) is 97.8 cm³/mol. The first-order valence-electron chi connectivity index (χ1n) is 9.23. The van der Waals surface area contributed by atoms with Crippen molar-refractivity contribution in [2.75, 3.05) is 6.54 Å². The highest BCUT2D eigenvalue weighted by Crippen LogP contribution is 2.23. The van der Waals surface area contributed by atoms with Crippen molar-refractivity contribution in [3.63, 3.8) is 0 Å². The van der Waals surface area contributed by atoms with Crippen LogP contribution in [0.1, 0.15) is 57.9 Å². The molecule has 1 fully saturated rings. The molecule has 0 radical (unpaired) electrons. The second-order valence-electron chi connectivity index (χ2n) is 7.37. The van der Waals surface area contributed by atoms with Gasteiger partial charge in [0.25, 0.3) is 0 Å². The van der Waals surface area contributed by atoms with E-state index in [1.165, 1.54) is 6.42 Å². The van der Waals surface area contributed by atoms with Gasteiger partial charge in [0.2, 0.25) is 11.8 Å². The Morgan fingerprint density at radius 3 is 2.48 bits per heavy atom. The molecular weight excluding hydrogens is 316 g/mol. The molecular formula is C20H30N2O3. The molecule has 0 heterocycles. The summed E-state index contributed by atoms with van der Waals surface area (Å²) in [7, 11) is 0. The van der Waals surface area contributed by atoms with Crippen molar-refractivity contribution in [3.8, 4) is 0 Å². The summed E-state index contributed by atoms with van der Waals surface area (Å²) < 4.78 is 0. The van der Waals surface area contributed by atoms with Crippen LogP contribution >= 0.6 is 0 Å². The molecule has 1 aliphatic carbocycles. The lowest BCUT2D eigenvalue weighted by Crippen LogP contribution is -2.43. The fourth-order valence-corrected chi connectivity index (χ4v) is 3.30. The van der Waals surface area contributed by atoms with Gasteiger partial charge < -0.3 is 15.7 Å². The molecule has 1 aromatic rings. The first-order chi connectivity index (χ1) is 11.9. The Kier molecular flexibility index (Phi) is 7.00. The highest BCUT2D eigenvalue weighted by Gasteiger charge is 2.25. The van der Waals surface area contributed by atoms with Gasteiger partial charge in [-0.2, -0.15) is 0 Å². The van der Waals surface area contributed by atoms with Gasteiger partial charge in [-0.3, -0.25) is 9.59 Å². The van der Waals surface area contributed by atoms with Gasteiger partial charge in [0, 0.05) is 18.4 Å². The van der Waals surface area contributed by atoms with Crippen LogP contribution in [0.3, 0.4) is 0 Å². The molecule has 0 aromatic heterocycles. The monoisotopic (exact) mass is 346 g/mol. The van der Waals surface area contributed by atoms with Crippen molar-refractivity contribution in [1.29, 1.82) is 0 Å². The molecule has 5 heteroatoms. The quantitative estimate of drug-likeness (QED) is 0.710. The first kappa shape index (κ1) is 19.4. The van der Waals surface area contributed by atoms with Gasteiger partial charge in [-0.25, -0.2) is 0 Å². The topological polar surface area (TPSA) is 78.4 Å². The molecule has 25 heavy (non-hydrogen) atoms. The minimum absolute atomic E-state index is 0.0660. The van der Waals surface area contributed by atoms with Gasteiger partial charge in [-0.15, -0.1) is 0 Å². The van der Waals surface area contributed by atoms with Crippen LogP contribution in [0.15, 0.2) is 30.3 Å². The molecule has 0 spiro atoms. The molecule has 3 N–H and O–H groups in total. The van der Waals surface area contributed by atoms with E-state index in [1.54, 1.807) is 6.92 Å². The Balaban J connectivity index is 1.74. The molecule has 0 aliphatic heterocycles. The van der Waals surface area contributed by atoms with Gasteiger partial charge >= 0.3 is 0 Å². The third-order valence-electron chi connectivity index (χ3n) is 4.88. The summed E-state index contributed by atoms with van der Waals surface area (Å²) in [6, 6.07) is 9.05. The Labute approximate surface area is 150 Å². The molecule has 2 amide bonds. The standard InChI is InChI=1S/C20H30N2O3/c1-15(22-19(24)16-9-5-3-6-10-16)13-18(23)21-14-20(2,25)17-11-7-4-8-12-17/h4,7-8,11-12,15-16,25H,3,5-6,9-10,13-14H2,1-2H3,(H,21,23)(H,22,24). The van der Waals surface area contributed by atoms with E-state index in [9.17, 15) is 14.7 Å². The summed E-state index contributed by atoms with van der Waals surface area (Å²) in [5.41, 5.74) is -0.361. The zero-order valence-electron chi connectivity index (χ0n) is 15.3. The van der Waals surface area contributed by atoms with E-state index >= 15 is 0 Å². The predicted octanol–water partition coefficient (Wildman–Crippen LogP) is 2.49. The number of hydrogen-bond donors (Lipinski definition) is 3. The number of carbonyl (C=O) groups is 2. The van der Waals surface area contributed by atoms with E-state index in [0.717, 1.165) is 31.2 Å². The maximum Gasteiger partial charge on any atom is 0.223 e. The van der Waals surface area contributed by atoms with Gasteiger partial charge in [-0.05, 0) is 32.3 Å². The van der Waals surface area contributed by atoms with Crippen LogP contribution in [0.2, 0.25) is 0 Å². The molecule has 5 nitrogen and oxygen atoms in total. The number of benzene rings is 1. The van der Waals surface area contributed by atoms with E-state index in [2.05, 4.69) is 10.6 Å². The summed E-state index contributed by atoms with van der Waals surface area (Å²) in [4.78, 5) is 24.3. The maximum absolute atomic E-state index is 12.2. The van der Waals surface area contributed by atoms with Crippen LogP contribution in [0.4, 0.5) is 0 Å². The molecule has 1 saturated carbocycles. The van der Waals surface area contributed by atoms with Crippen LogP contribution in [-0.2, 0) is 15.2 Å². The van der Waals surface area contributed by atoms with Crippen LogP contribution in [0.5, 0.6) is 0 Å². The van der Waals surface area contributed by atoms with Crippen molar-refractivity contribution >= 4 is 11.8 Å². The largest absolute Gasteiger partial charge is 0.384 e. The maximum atomic E-state index is 12.2. The number of amides is 2. The van der Waals surface area contributed by atoms with E-state index in [0.29, 0.717) is 0 Å². The van der Waals surface area contributed by atoms with Gasteiger partial charge in [0.15, 0.2) is 0 Å². The van der Waals surface area contributed by atoms with E-state index in [1.807, 2.05) is 37.3 Å². The van der Waals surface area contributed by atoms with Crippen LogP contribution in [-0.4, -0.2) is 29.5 Å². The smallest absolute Gasteiger partial charge is 0.223 e. The Bertz CT molecular complexity index is 566. The molecule has 0 saturated heterocycles. The molecule has 138 valence electrons. The lowest BCUT2D eigenvalue weighted by molar-refractivity contribution is -0.127. The zero-order chi connectivity index (χ0) is 18.3. The normalized spacial score (nSPS) is 18.8. The van der Waals surface area contributed by atoms with Crippen molar-refractivity contribution < 1.29 is 14.7 Å². The summed E-state index contributed by atoms with van der Waals surface area (Å²) in [6.45, 7) is 3.66. The Hall–Kier alpha value is -1.88. The van der Waals surface area contributed by atoms with Crippen molar-refractivity contribution in [2.24, 2.45) is 5.92 Å². The number of carbonyl (C=O) groups excluding carboxylic acids is 2. The Morgan fingerprint density at radius 1 is 1.20 bits per heavy atom.